The zero-order valence-corrected chi connectivity index (χ0v) is 15.5. The summed E-state index contributed by atoms with van der Waals surface area (Å²) in [7, 11) is 0. The Balaban J connectivity index is 1.99. The van der Waals surface area contributed by atoms with Crippen LogP contribution >= 0.6 is 0 Å². The number of hydrogen-bond acceptors (Lipinski definition) is 4. The van der Waals surface area contributed by atoms with Crippen molar-refractivity contribution in [2.45, 2.75) is 47.2 Å². The zero-order valence-electron chi connectivity index (χ0n) is 15.5. The van der Waals surface area contributed by atoms with Crippen LogP contribution in [0.3, 0.4) is 0 Å². The average Bonchev–Trinajstić information content (AvgIpc) is 3.16. The Kier molecular flexibility index (Phi) is 6.07. The van der Waals surface area contributed by atoms with E-state index in [9.17, 15) is 9.59 Å². The molecule has 0 aromatic carbocycles. The molecular formula is C19H26N2O4. The summed E-state index contributed by atoms with van der Waals surface area (Å²) < 4.78 is 12.5. The topological polar surface area (TPSA) is 73.5 Å². The normalized spacial score (nSPS) is 12.2. The Labute approximate surface area is 148 Å². The highest BCUT2D eigenvalue weighted by Crippen LogP contribution is 2.18. The molecule has 0 bridgehead atoms. The van der Waals surface area contributed by atoms with E-state index in [0.717, 1.165) is 17.1 Å². The predicted molar refractivity (Wildman–Crippen MR) is 94.4 cm³/mol. The SMILES string of the molecule is Cc1cc(C(=O)OCC(=O)N[C@@H](C)C(C)C)c(C)n1Cc1ccco1. The van der Waals surface area contributed by atoms with E-state index in [1.54, 1.807) is 12.3 Å². The number of hydrogen-bond donors (Lipinski definition) is 1. The largest absolute Gasteiger partial charge is 0.467 e. The van der Waals surface area contributed by atoms with Crippen molar-refractivity contribution in [1.29, 1.82) is 0 Å². The molecule has 0 aliphatic rings. The maximum atomic E-state index is 12.3. The van der Waals surface area contributed by atoms with Crippen molar-refractivity contribution in [2.24, 2.45) is 5.92 Å². The van der Waals surface area contributed by atoms with Crippen molar-refractivity contribution < 1.29 is 18.7 Å². The first-order valence-corrected chi connectivity index (χ1v) is 8.45. The molecule has 2 aromatic rings. The van der Waals surface area contributed by atoms with Gasteiger partial charge < -0.3 is 19.0 Å². The average molecular weight is 346 g/mol. The van der Waals surface area contributed by atoms with Gasteiger partial charge in [0.1, 0.15) is 5.76 Å². The first-order chi connectivity index (χ1) is 11.8. The van der Waals surface area contributed by atoms with Gasteiger partial charge in [0.15, 0.2) is 6.61 Å². The molecule has 1 N–H and O–H groups in total. The lowest BCUT2D eigenvalue weighted by molar-refractivity contribution is -0.125. The molecule has 2 aromatic heterocycles. The Morgan fingerprint density at radius 3 is 2.60 bits per heavy atom. The van der Waals surface area contributed by atoms with E-state index in [4.69, 9.17) is 9.15 Å². The summed E-state index contributed by atoms with van der Waals surface area (Å²) in [6.45, 7) is 10.0. The molecule has 0 saturated carbocycles. The van der Waals surface area contributed by atoms with Crippen LogP contribution in [0.2, 0.25) is 0 Å². The van der Waals surface area contributed by atoms with Crippen molar-refractivity contribution in [2.75, 3.05) is 6.61 Å². The molecule has 0 spiro atoms. The van der Waals surface area contributed by atoms with Gasteiger partial charge in [0.2, 0.25) is 0 Å². The van der Waals surface area contributed by atoms with Crippen LogP contribution in [0.25, 0.3) is 0 Å². The summed E-state index contributed by atoms with van der Waals surface area (Å²) in [4.78, 5) is 24.2. The third-order valence-corrected chi connectivity index (χ3v) is 4.41. The molecule has 0 unspecified atom stereocenters. The third-order valence-electron chi connectivity index (χ3n) is 4.41. The summed E-state index contributed by atoms with van der Waals surface area (Å²) in [5, 5.41) is 2.81. The van der Waals surface area contributed by atoms with E-state index in [0.29, 0.717) is 18.0 Å². The van der Waals surface area contributed by atoms with Crippen molar-refractivity contribution in [3.8, 4) is 0 Å². The smallest absolute Gasteiger partial charge is 0.340 e. The second-order valence-electron chi connectivity index (χ2n) is 6.63. The molecule has 0 aliphatic carbocycles. The molecule has 2 heterocycles. The molecular weight excluding hydrogens is 320 g/mol. The maximum Gasteiger partial charge on any atom is 0.340 e. The number of esters is 1. The fraction of sp³-hybridized carbons (Fsp3) is 0.474. The van der Waals surface area contributed by atoms with Crippen LogP contribution < -0.4 is 5.32 Å². The number of nitrogens with one attached hydrogen (secondary N) is 1. The number of ether oxygens (including phenoxy) is 1. The van der Waals surface area contributed by atoms with Crippen molar-refractivity contribution in [3.63, 3.8) is 0 Å². The minimum Gasteiger partial charge on any atom is -0.467 e. The van der Waals surface area contributed by atoms with Gasteiger partial charge in [-0.3, -0.25) is 4.79 Å². The number of nitrogens with zero attached hydrogens (tertiary/aromatic N) is 1. The van der Waals surface area contributed by atoms with Crippen LogP contribution in [-0.4, -0.2) is 29.1 Å². The van der Waals surface area contributed by atoms with Gasteiger partial charge in [-0.05, 0) is 44.9 Å². The second-order valence-corrected chi connectivity index (χ2v) is 6.63. The van der Waals surface area contributed by atoms with E-state index in [1.165, 1.54) is 0 Å². The Hall–Kier alpha value is -2.50. The van der Waals surface area contributed by atoms with Crippen LogP contribution in [0.15, 0.2) is 28.9 Å². The van der Waals surface area contributed by atoms with Gasteiger partial charge in [-0.25, -0.2) is 4.79 Å². The number of aromatic nitrogens is 1. The standard InChI is InChI=1S/C19H26N2O4/c1-12(2)14(4)20-18(22)11-25-19(23)17-9-13(3)21(15(17)5)10-16-7-6-8-24-16/h6-9,12,14H,10-11H2,1-5H3,(H,20,22)/t14-/m0/s1. The van der Waals surface area contributed by atoms with Crippen LogP contribution in [0.5, 0.6) is 0 Å². The minimum absolute atomic E-state index is 0.0320. The van der Waals surface area contributed by atoms with E-state index in [1.807, 2.05) is 51.3 Å². The molecule has 6 heteroatoms. The fourth-order valence-corrected chi connectivity index (χ4v) is 2.48. The van der Waals surface area contributed by atoms with Crippen molar-refractivity contribution in [1.82, 2.24) is 9.88 Å². The summed E-state index contributed by atoms with van der Waals surface area (Å²) in [5.74, 6) is 0.342. The highest BCUT2D eigenvalue weighted by atomic mass is 16.5. The van der Waals surface area contributed by atoms with Gasteiger partial charge in [-0.15, -0.1) is 0 Å². The minimum atomic E-state index is -0.494. The van der Waals surface area contributed by atoms with Crippen molar-refractivity contribution in [3.05, 3.63) is 47.2 Å². The highest BCUT2D eigenvalue weighted by Gasteiger charge is 2.19. The lowest BCUT2D eigenvalue weighted by Gasteiger charge is -2.17. The molecule has 1 atom stereocenters. The fourth-order valence-electron chi connectivity index (χ4n) is 2.48. The summed E-state index contributed by atoms with van der Waals surface area (Å²) in [5.41, 5.74) is 2.18. The molecule has 2 rings (SSSR count). The molecule has 0 aliphatic heterocycles. The molecule has 25 heavy (non-hydrogen) atoms. The Morgan fingerprint density at radius 1 is 1.28 bits per heavy atom. The first-order valence-electron chi connectivity index (χ1n) is 8.45. The first kappa shape index (κ1) is 18.8. The van der Waals surface area contributed by atoms with Crippen LogP contribution in [0, 0.1) is 19.8 Å². The second kappa shape index (κ2) is 8.05. The van der Waals surface area contributed by atoms with Gasteiger partial charge in [0, 0.05) is 17.4 Å². The Morgan fingerprint density at radius 2 is 2.00 bits per heavy atom. The van der Waals surface area contributed by atoms with Gasteiger partial charge in [-0.1, -0.05) is 13.8 Å². The monoisotopic (exact) mass is 346 g/mol. The third kappa shape index (κ3) is 4.75. The van der Waals surface area contributed by atoms with E-state index in [-0.39, 0.29) is 18.6 Å². The van der Waals surface area contributed by atoms with Crippen LogP contribution in [0.1, 0.15) is 48.3 Å². The van der Waals surface area contributed by atoms with E-state index < -0.39 is 5.97 Å². The lowest BCUT2D eigenvalue weighted by Crippen LogP contribution is -2.38. The van der Waals surface area contributed by atoms with E-state index >= 15 is 0 Å². The summed E-state index contributed by atoms with van der Waals surface area (Å²) >= 11 is 0. The highest BCUT2D eigenvalue weighted by molar-refractivity contribution is 5.92. The number of amides is 1. The quantitative estimate of drug-likeness (QED) is 0.782. The molecule has 0 saturated heterocycles. The summed E-state index contributed by atoms with van der Waals surface area (Å²) in [6.07, 6.45) is 1.62. The van der Waals surface area contributed by atoms with Gasteiger partial charge in [0.05, 0.1) is 18.4 Å². The summed E-state index contributed by atoms with van der Waals surface area (Å²) in [6, 6.07) is 5.52. The number of aryl methyl sites for hydroxylation is 1. The van der Waals surface area contributed by atoms with E-state index in [2.05, 4.69) is 5.32 Å². The number of furan rings is 1. The molecule has 1 amide bonds. The molecule has 0 fully saturated rings. The van der Waals surface area contributed by atoms with Crippen LogP contribution in [0.4, 0.5) is 0 Å². The van der Waals surface area contributed by atoms with Gasteiger partial charge in [-0.2, -0.15) is 0 Å². The van der Waals surface area contributed by atoms with Crippen molar-refractivity contribution >= 4 is 11.9 Å². The lowest BCUT2D eigenvalue weighted by atomic mass is 10.1. The van der Waals surface area contributed by atoms with Gasteiger partial charge in [0.25, 0.3) is 5.91 Å². The maximum absolute atomic E-state index is 12.3. The van der Waals surface area contributed by atoms with Crippen LogP contribution in [-0.2, 0) is 16.1 Å². The molecule has 6 nitrogen and oxygen atoms in total. The number of carbonyl (C=O) groups excluding carboxylic acids is 2. The predicted octanol–water partition coefficient (Wildman–Crippen LogP) is 3.06. The molecule has 0 radical (unpaired) electrons. The zero-order chi connectivity index (χ0) is 18.6. The number of rotatable bonds is 7. The number of carbonyl (C=O) groups is 2. The van der Waals surface area contributed by atoms with Gasteiger partial charge >= 0.3 is 5.97 Å². The molecule has 136 valence electrons. The Bertz CT molecular complexity index is 729.